The number of nitrogens with two attached hydrogens (primary N) is 1. The molecule has 1 amide bonds. The Kier molecular flexibility index (Phi) is 1.68. The summed E-state index contributed by atoms with van der Waals surface area (Å²) in [6.45, 7) is 2.89. The van der Waals surface area contributed by atoms with Crippen LogP contribution in [0.1, 0.15) is 30.0 Å². The Morgan fingerprint density at radius 1 is 1.77 bits per heavy atom. The molecule has 0 spiro atoms. The molecule has 1 aliphatic heterocycles. The van der Waals surface area contributed by atoms with Crippen molar-refractivity contribution in [3.05, 3.63) is 5.82 Å². The van der Waals surface area contributed by atoms with Crippen molar-refractivity contribution in [3.8, 4) is 0 Å². The van der Waals surface area contributed by atoms with Crippen LogP contribution in [0.4, 0.5) is 5.95 Å². The molecule has 0 bridgehead atoms. The van der Waals surface area contributed by atoms with Gasteiger partial charge in [0.1, 0.15) is 0 Å². The zero-order chi connectivity index (χ0) is 9.42. The van der Waals surface area contributed by atoms with Gasteiger partial charge in [0.25, 0.3) is 5.91 Å². The molecule has 1 unspecified atom stereocenters. The topological polar surface area (TPSA) is 85.8 Å². The highest BCUT2D eigenvalue weighted by atomic mass is 16.1. The van der Waals surface area contributed by atoms with Crippen LogP contribution in [0, 0.1) is 0 Å². The number of rotatable bonds is 1. The van der Waals surface area contributed by atoms with Crippen molar-refractivity contribution in [2.75, 3.05) is 11.9 Å². The van der Waals surface area contributed by atoms with E-state index in [1.807, 2.05) is 6.92 Å². The Bertz CT molecular complexity index is 345. The molecule has 0 aromatic carbocycles. The average Bonchev–Trinajstić information content (AvgIpc) is 2.49. The minimum Gasteiger partial charge on any atom is -0.363 e. The molecule has 1 aliphatic rings. The second-order valence-electron chi connectivity index (χ2n) is 3.13. The normalized spacial score (nSPS) is 20.5. The summed E-state index contributed by atoms with van der Waals surface area (Å²) >= 11 is 0. The quantitative estimate of drug-likeness (QED) is 0.625. The first-order valence-electron chi connectivity index (χ1n) is 4.18. The van der Waals surface area contributed by atoms with E-state index < -0.39 is 5.91 Å². The zero-order valence-electron chi connectivity index (χ0n) is 7.32. The van der Waals surface area contributed by atoms with Crippen LogP contribution < -0.4 is 11.1 Å². The lowest BCUT2D eigenvalue weighted by Crippen LogP contribution is -2.21. The number of aromatic nitrogens is 3. The van der Waals surface area contributed by atoms with Gasteiger partial charge in [0.05, 0.1) is 6.04 Å². The number of amides is 1. The molecule has 3 N–H and O–H groups in total. The molecule has 6 nitrogen and oxygen atoms in total. The fourth-order valence-electron chi connectivity index (χ4n) is 1.37. The molecule has 0 aliphatic carbocycles. The first-order valence-corrected chi connectivity index (χ1v) is 4.18. The van der Waals surface area contributed by atoms with Gasteiger partial charge in [-0.2, -0.15) is 4.98 Å². The summed E-state index contributed by atoms with van der Waals surface area (Å²) in [5, 5.41) is 7.05. The van der Waals surface area contributed by atoms with E-state index in [0.717, 1.165) is 13.0 Å². The van der Waals surface area contributed by atoms with Crippen LogP contribution in [-0.4, -0.2) is 27.2 Å². The van der Waals surface area contributed by atoms with Gasteiger partial charge in [-0.05, 0) is 13.3 Å². The van der Waals surface area contributed by atoms with Crippen LogP contribution in [0.25, 0.3) is 0 Å². The van der Waals surface area contributed by atoms with E-state index in [1.165, 1.54) is 0 Å². The van der Waals surface area contributed by atoms with Crippen LogP contribution in [-0.2, 0) is 0 Å². The number of anilines is 1. The van der Waals surface area contributed by atoms with E-state index in [0.29, 0.717) is 5.95 Å². The third-order valence-corrected chi connectivity index (χ3v) is 2.11. The van der Waals surface area contributed by atoms with E-state index in [1.54, 1.807) is 4.68 Å². The molecular weight excluding hydrogens is 170 g/mol. The number of carbonyl (C=O) groups is 1. The Hall–Kier alpha value is -1.59. The molecule has 0 fully saturated rings. The van der Waals surface area contributed by atoms with E-state index in [2.05, 4.69) is 15.4 Å². The summed E-state index contributed by atoms with van der Waals surface area (Å²) < 4.78 is 1.70. The molecule has 70 valence electrons. The second-order valence-corrected chi connectivity index (χ2v) is 3.13. The fourth-order valence-corrected chi connectivity index (χ4v) is 1.37. The maximum absolute atomic E-state index is 10.8. The second kappa shape index (κ2) is 2.72. The molecule has 6 heteroatoms. The van der Waals surface area contributed by atoms with Crippen LogP contribution in [0.2, 0.25) is 0 Å². The minimum atomic E-state index is -0.587. The van der Waals surface area contributed by atoms with Crippen molar-refractivity contribution in [3.63, 3.8) is 0 Å². The number of hydrogen-bond acceptors (Lipinski definition) is 4. The molecule has 0 saturated carbocycles. The summed E-state index contributed by atoms with van der Waals surface area (Å²) in [7, 11) is 0. The molecule has 2 heterocycles. The number of nitrogens with zero attached hydrogens (tertiary/aromatic N) is 3. The highest BCUT2D eigenvalue weighted by Gasteiger charge is 2.20. The predicted octanol–water partition coefficient (Wildman–Crippen LogP) is -0.246. The van der Waals surface area contributed by atoms with E-state index >= 15 is 0 Å². The maximum atomic E-state index is 10.8. The molecule has 1 aromatic heterocycles. The molecule has 2 rings (SSSR count). The number of fused-ring (bicyclic) bond motifs is 1. The van der Waals surface area contributed by atoms with Gasteiger partial charge in [-0.1, -0.05) is 0 Å². The molecule has 1 aromatic rings. The average molecular weight is 181 g/mol. The third-order valence-electron chi connectivity index (χ3n) is 2.11. The lowest BCUT2D eigenvalue weighted by atomic mass is 10.2. The Morgan fingerprint density at radius 3 is 3.15 bits per heavy atom. The standard InChI is InChI=1S/C7H11N5O/c1-4-2-3-9-7-10-6(5(8)13)11-12(4)7/h4H,2-3H2,1H3,(H2,8,13)(H,9,10,11). The summed E-state index contributed by atoms with van der Waals surface area (Å²) in [5.41, 5.74) is 5.07. The van der Waals surface area contributed by atoms with Gasteiger partial charge >= 0.3 is 0 Å². The maximum Gasteiger partial charge on any atom is 0.288 e. The third kappa shape index (κ3) is 1.24. The van der Waals surface area contributed by atoms with Gasteiger partial charge in [0.15, 0.2) is 0 Å². The molecule has 13 heavy (non-hydrogen) atoms. The van der Waals surface area contributed by atoms with E-state index in [9.17, 15) is 4.79 Å². The first-order chi connectivity index (χ1) is 6.18. The van der Waals surface area contributed by atoms with Crippen molar-refractivity contribution in [2.24, 2.45) is 5.73 Å². The number of hydrogen-bond donors (Lipinski definition) is 2. The monoisotopic (exact) mass is 181 g/mol. The van der Waals surface area contributed by atoms with Gasteiger partial charge < -0.3 is 11.1 Å². The number of nitrogens with one attached hydrogen (secondary N) is 1. The van der Waals surface area contributed by atoms with Gasteiger partial charge in [-0.25, -0.2) is 4.68 Å². The summed E-state index contributed by atoms with van der Waals surface area (Å²) in [6.07, 6.45) is 0.981. The number of primary amides is 1. The first kappa shape index (κ1) is 8.03. The number of carbonyl (C=O) groups excluding carboxylic acids is 1. The minimum absolute atomic E-state index is 0.0799. The Morgan fingerprint density at radius 2 is 2.54 bits per heavy atom. The highest BCUT2D eigenvalue weighted by molar-refractivity contribution is 5.89. The van der Waals surface area contributed by atoms with Crippen LogP contribution in [0.3, 0.4) is 0 Å². The lowest BCUT2D eigenvalue weighted by molar-refractivity contribution is 0.0990. The van der Waals surface area contributed by atoms with Crippen LogP contribution in [0.15, 0.2) is 0 Å². The Balaban J connectivity index is 2.42. The fraction of sp³-hybridized carbons (Fsp3) is 0.571. The summed E-state index contributed by atoms with van der Waals surface area (Å²) in [5.74, 6) is 0.125. The van der Waals surface area contributed by atoms with Gasteiger partial charge in [0, 0.05) is 6.54 Å². The molecule has 0 radical (unpaired) electrons. The zero-order valence-corrected chi connectivity index (χ0v) is 7.32. The largest absolute Gasteiger partial charge is 0.363 e. The van der Waals surface area contributed by atoms with Crippen molar-refractivity contribution in [2.45, 2.75) is 19.4 Å². The summed E-state index contributed by atoms with van der Waals surface area (Å²) in [6, 6.07) is 0.275. The van der Waals surface area contributed by atoms with E-state index in [4.69, 9.17) is 5.73 Å². The van der Waals surface area contributed by atoms with Crippen LogP contribution in [0.5, 0.6) is 0 Å². The van der Waals surface area contributed by atoms with Crippen molar-refractivity contribution in [1.29, 1.82) is 0 Å². The van der Waals surface area contributed by atoms with Gasteiger partial charge in [-0.15, -0.1) is 5.10 Å². The van der Waals surface area contributed by atoms with Gasteiger partial charge in [0.2, 0.25) is 11.8 Å². The molecule has 0 saturated heterocycles. The predicted molar refractivity (Wildman–Crippen MR) is 46.4 cm³/mol. The summed E-state index contributed by atoms with van der Waals surface area (Å²) in [4.78, 5) is 14.7. The van der Waals surface area contributed by atoms with Crippen molar-refractivity contribution < 1.29 is 4.79 Å². The van der Waals surface area contributed by atoms with Crippen LogP contribution >= 0.6 is 0 Å². The SMILES string of the molecule is CC1CCNc2nc(C(N)=O)nn21. The van der Waals surface area contributed by atoms with E-state index in [-0.39, 0.29) is 11.9 Å². The van der Waals surface area contributed by atoms with Crippen molar-refractivity contribution in [1.82, 2.24) is 14.8 Å². The van der Waals surface area contributed by atoms with Crippen molar-refractivity contribution >= 4 is 11.9 Å². The molecular formula is C7H11N5O. The lowest BCUT2D eigenvalue weighted by Gasteiger charge is -2.20. The Labute approximate surface area is 75.1 Å². The molecule has 1 atom stereocenters. The smallest absolute Gasteiger partial charge is 0.288 e. The highest BCUT2D eigenvalue weighted by Crippen LogP contribution is 2.20. The van der Waals surface area contributed by atoms with Gasteiger partial charge in [-0.3, -0.25) is 4.79 Å².